The fourth-order valence-corrected chi connectivity index (χ4v) is 2.89. The van der Waals surface area contributed by atoms with Gasteiger partial charge in [-0.1, -0.05) is 32.0 Å². The number of fused-ring (bicyclic) bond motifs is 1. The minimum Gasteiger partial charge on any atom is -0.355 e. The molecule has 0 bridgehead atoms. The first-order chi connectivity index (χ1) is 9.97. The Hall–Kier alpha value is -2.09. The molecule has 0 saturated carbocycles. The number of Topliss-reactive ketones (excluding diaryl/α,β-unsaturated/α-hetero) is 1. The highest BCUT2D eigenvalue weighted by atomic mass is 16.1. The molecule has 0 atom stereocenters. The van der Waals surface area contributed by atoms with Crippen molar-refractivity contribution in [2.24, 2.45) is 5.41 Å². The second-order valence-electron chi connectivity index (χ2n) is 6.52. The van der Waals surface area contributed by atoms with Gasteiger partial charge in [-0.25, -0.2) is 0 Å². The second kappa shape index (κ2) is 5.03. The van der Waals surface area contributed by atoms with Gasteiger partial charge in [-0.2, -0.15) is 0 Å². The molecule has 108 valence electrons. The van der Waals surface area contributed by atoms with Crippen molar-refractivity contribution in [3.63, 3.8) is 0 Å². The van der Waals surface area contributed by atoms with E-state index in [1.807, 2.05) is 38.1 Å². The molecule has 2 aromatic carbocycles. The van der Waals surface area contributed by atoms with Gasteiger partial charge in [-0.3, -0.25) is 4.79 Å². The Kier molecular flexibility index (Phi) is 3.32. The van der Waals surface area contributed by atoms with E-state index in [1.54, 1.807) is 0 Å². The van der Waals surface area contributed by atoms with Gasteiger partial charge in [-0.05, 0) is 55.2 Å². The van der Waals surface area contributed by atoms with Gasteiger partial charge in [0, 0.05) is 22.4 Å². The zero-order valence-corrected chi connectivity index (χ0v) is 12.9. The number of ketones is 1. The van der Waals surface area contributed by atoms with E-state index >= 15 is 0 Å². The van der Waals surface area contributed by atoms with Crippen LogP contribution in [-0.2, 0) is 6.42 Å². The van der Waals surface area contributed by atoms with E-state index in [0.717, 1.165) is 35.3 Å². The summed E-state index contributed by atoms with van der Waals surface area (Å²) < 4.78 is 0. The molecule has 0 amide bonds. The number of hydrogen-bond acceptors (Lipinski definition) is 2. The van der Waals surface area contributed by atoms with Crippen LogP contribution in [-0.4, -0.2) is 5.78 Å². The van der Waals surface area contributed by atoms with Crippen LogP contribution >= 0.6 is 0 Å². The van der Waals surface area contributed by atoms with Crippen LogP contribution in [0.5, 0.6) is 0 Å². The van der Waals surface area contributed by atoms with Crippen LogP contribution in [0.1, 0.15) is 41.8 Å². The summed E-state index contributed by atoms with van der Waals surface area (Å²) in [6.07, 6.45) is 1.89. The van der Waals surface area contributed by atoms with Crippen LogP contribution in [0.15, 0.2) is 42.5 Å². The highest BCUT2D eigenvalue weighted by Gasteiger charge is 2.33. The fourth-order valence-electron chi connectivity index (χ4n) is 2.89. The minimum atomic E-state index is -0.224. The average Bonchev–Trinajstić information content (AvgIpc) is 2.46. The van der Waals surface area contributed by atoms with Crippen molar-refractivity contribution in [3.8, 4) is 0 Å². The molecule has 1 aliphatic rings. The molecule has 1 N–H and O–H groups in total. The first kappa shape index (κ1) is 13.9. The third-order valence-electron chi connectivity index (χ3n) is 4.41. The van der Waals surface area contributed by atoms with Crippen LogP contribution in [0.3, 0.4) is 0 Å². The second-order valence-corrected chi connectivity index (χ2v) is 6.52. The Morgan fingerprint density at radius 3 is 2.62 bits per heavy atom. The van der Waals surface area contributed by atoms with Gasteiger partial charge in [0.05, 0.1) is 0 Å². The number of carbonyl (C=O) groups is 1. The Balaban J connectivity index is 1.91. The maximum Gasteiger partial charge on any atom is 0.168 e. The number of anilines is 2. The first-order valence-electron chi connectivity index (χ1n) is 7.48. The molecule has 3 rings (SSSR count). The third-order valence-corrected chi connectivity index (χ3v) is 4.41. The molecule has 2 heteroatoms. The van der Waals surface area contributed by atoms with Crippen LogP contribution < -0.4 is 5.32 Å². The zero-order chi connectivity index (χ0) is 15.0. The molecule has 0 heterocycles. The number of nitrogens with one attached hydrogen (secondary N) is 1. The van der Waals surface area contributed by atoms with Crippen molar-refractivity contribution < 1.29 is 4.79 Å². The lowest BCUT2D eigenvalue weighted by Gasteiger charge is -2.29. The van der Waals surface area contributed by atoms with Crippen molar-refractivity contribution in [3.05, 3.63) is 59.2 Å². The topological polar surface area (TPSA) is 29.1 Å². The van der Waals surface area contributed by atoms with E-state index in [9.17, 15) is 4.79 Å². The molecule has 0 aromatic heterocycles. The molecule has 0 saturated heterocycles. The standard InChI is InChI=1S/C19H21NO/c1-13-6-4-5-7-17(13)20-15-8-9-16-14(12-15)10-11-19(2,3)18(16)21/h4-9,12,20H,10-11H2,1-3H3. The number of hydrogen-bond donors (Lipinski definition) is 1. The normalized spacial score (nSPS) is 16.4. The van der Waals surface area contributed by atoms with Gasteiger partial charge in [0.15, 0.2) is 5.78 Å². The number of rotatable bonds is 2. The molecule has 2 nitrogen and oxygen atoms in total. The number of carbonyl (C=O) groups excluding carboxylic acids is 1. The van der Waals surface area contributed by atoms with Gasteiger partial charge in [0.1, 0.15) is 0 Å². The average molecular weight is 279 g/mol. The van der Waals surface area contributed by atoms with Crippen LogP contribution in [0.4, 0.5) is 11.4 Å². The van der Waals surface area contributed by atoms with Crippen molar-refractivity contribution in [1.29, 1.82) is 0 Å². The maximum absolute atomic E-state index is 12.4. The summed E-state index contributed by atoms with van der Waals surface area (Å²) in [6, 6.07) is 14.3. The molecular formula is C19H21NO. The quantitative estimate of drug-likeness (QED) is 0.847. The van der Waals surface area contributed by atoms with Gasteiger partial charge >= 0.3 is 0 Å². The third kappa shape index (κ3) is 2.58. The SMILES string of the molecule is Cc1ccccc1Nc1ccc2c(c1)CCC(C)(C)C2=O. The van der Waals surface area contributed by atoms with Gasteiger partial charge in [0.2, 0.25) is 0 Å². The summed E-state index contributed by atoms with van der Waals surface area (Å²) in [5.41, 5.74) is 5.21. The Labute approximate surface area is 126 Å². The van der Waals surface area contributed by atoms with Crippen molar-refractivity contribution in [2.45, 2.75) is 33.6 Å². The maximum atomic E-state index is 12.4. The lowest BCUT2D eigenvalue weighted by Crippen LogP contribution is -2.30. The molecule has 0 unspecified atom stereocenters. The Morgan fingerprint density at radius 1 is 1.10 bits per heavy atom. The van der Waals surface area contributed by atoms with Crippen LogP contribution in [0.2, 0.25) is 0 Å². The molecule has 0 aliphatic heterocycles. The van der Waals surface area contributed by atoms with E-state index in [2.05, 4.69) is 30.4 Å². The minimum absolute atomic E-state index is 0.224. The molecule has 0 fully saturated rings. The van der Waals surface area contributed by atoms with Crippen LogP contribution in [0.25, 0.3) is 0 Å². The van der Waals surface area contributed by atoms with E-state index in [0.29, 0.717) is 0 Å². The highest BCUT2D eigenvalue weighted by Crippen LogP contribution is 2.36. The monoisotopic (exact) mass is 279 g/mol. The summed E-state index contributed by atoms with van der Waals surface area (Å²) in [7, 11) is 0. The predicted octanol–water partition coefficient (Wildman–Crippen LogP) is 4.89. The van der Waals surface area contributed by atoms with Crippen molar-refractivity contribution >= 4 is 17.2 Å². The summed E-state index contributed by atoms with van der Waals surface area (Å²) in [6.45, 7) is 6.17. The lowest BCUT2D eigenvalue weighted by molar-refractivity contribution is 0.0811. The van der Waals surface area contributed by atoms with Crippen molar-refractivity contribution in [2.75, 3.05) is 5.32 Å². The van der Waals surface area contributed by atoms with E-state index < -0.39 is 0 Å². The number of benzene rings is 2. The fraction of sp³-hybridized carbons (Fsp3) is 0.316. The van der Waals surface area contributed by atoms with Gasteiger partial charge < -0.3 is 5.32 Å². The first-order valence-corrected chi connectivity index (χ1v) is 7.48. The van der Waals surface area contributed by atoms with Crippen LogP contribution in [0, 0.1) is 12.3 Å². The number of para-hydroxylation sites is 1. The molecule has 21 heavy (non-hydrogen) atoms. The molecule has 0 spiro atoms. The number of aryl methyl sites for hydroxylation is 2. The van der Waals surface area contributed by atoms with Gasteiger partial charge in [-0.15, -0.1) is 0 Å². The summed E-state index contributed by atoms with van der Waals surface area (Å²) in [4.78, 5) is 12.4. The largest absolute Gasteiger partial charge is 0.355 e. The van der Waals surface area contributed by atoms with E-state index in [1.165, 1.54) is 5.56 Å². The zero-order valence-electron chi connectivity index (χ0n) is 12.9. The van der Waals surface area contributed by atoms with Crippen molar-refractivity contribution in [1.82, 2.24) is 0 Å². The Morgan fingerprint density at radius 2 is 1.86 bits per heavy atom. The Bertz CT molecular complexity index is 700. The lowest BCUT2D eigenvalue weighted by atomic mass is 9.73. The van der Waals surface area contributed by atoms with E-state index in [-0.39, 0.29) is 11.2 Å². The highest BCUT2D eigenvalue weighted by molar-refractivity contribution is 6.02. The molecule has 2 aromatic rings. The predicted molar refractivity (Wildman–Crippen MR) is 87.3 cm³/mol. The molecule has 1 aliphatic carbocycles. The molecular weight excluding hydrogens is 258 g/mol. The van der Waals surface area contributed by atoms with E-state index in [4.69, 9.17) is 0 Å². The molecule has 0 radical (unpaired) electrons. The smallest absolute Gasteiger partial charge is 0.168 e. The summed E-state index contributed by atoms with van der Waals surface area (Å²) in [5.74, 6) is 0.270. The van der Waals surface area contributed by atoms with Gasteiger partial charge in [0.25, 0.3) is 0 Å². The summed E-state index contributed by atoms with van der Waals surface area (Å²) in [5, 5.41) is 3.45. The summed E-state index contributed by atoms with van der Waals surface area (Å²) >= 11 is 0.